The summed E-state index contributed by atoms with van der Waals surface area (Å²) in [5.41, 5.74) is 1.03. The number of nitrogens with zero attached hydrogens (tertiary/aromatic N) is 1. The van der Waals surface area contributed by atoms with Gasteiger partial charge < -0.3 is 9.72 Å². The van der Waals surface area contributed by atoms with E-state index < -0.39 is 0 Å². The Hall–Kier alpha value is -0.740. The summed E-state index contributed by atoms with van der Waals surface area (Å²) in [5, 5.41) is 0. The second-order valence-corrected chi connectivity index (χ2v) is 7.04. The number of ether oxygens (including phenoxy) is 1. The van der Waals surface area contributed by atoms with E-state index in [1.165, 1.54) is 57.1 Å². The van der Waals surface area contributed by atoms with E-state index in [2.05, 4.69) is 16.0 Å². The Balaban J connectivity index is 1.97. The third-order valence-corrected chi connectivity index (χ3v) is 5.50. The van der Waals surface area contributed by atoms with Gasteiger partial charge in [-0.15, -0.1) is 0 Å². The molecule has 0 aliphatic heterocycles. The van der Waals surface area contributed by atoms with Crippen molar-refractivity contribution in [3.8, 4) is 0 Å². The van der Waals surface area contributed by atoms with Crippen LogP contribution in [0.3, 0.4) is 0 Å². The smallest absolute Gasteiger partial charge is 0.140 e. The Labute approximate surface area is 132 Å². The molecule has 2 aliphatic carbocycles. The summed E-state index contributed by atoms with van der Waals surface area (Å²) in [5.74, 6) is 1.61. The molecule has 1 N–H and O–H groups in total. The molecule has 0 amide bonds. The molecule has 21 heavy (non-hydrogen) atoms. The minimum Gasteiger partial charge on any atom is -0.370 e. The maximum absolute atomic E-state index is 5.98. The van der Waals surface area contributed by atoms with Gasteiger partial charge in [0.05, 0.1) is 0 Å². The number of methoxy groups -OCH3 is 1. The fourth-order valence-corrected chi connectivity index (χ4v) is 4.20. The molecule has 0 unspecified atom stereocenters. The van der Waals surface area contributed by atoms with E-state index in [0.29, 0.717) is 10.6 Å². The van der Waals surface area contributed by atoms with Gasteiger partial charge in [0, 0.05) is 12.8 Å². The highest BCUT2D eigenvalue weighted by Gasteiger charge is 2.35. The van der Waals surface area contributed by atoms with Gasteiger partial charge in [0.1, 0.15) is 16.1 Å². The summed E-state index contributed by atoms with van der Waals surface area (Å²) in [6.07, 6.45) is 12.3. The Morgan fingerprint density at radius 2 is 1.81 bits per heavy atom. The van der Waals surface area contributed by atoms with Crippen molar-refractivity contribution in [3.63, 3.8) is 0 Å². The molecule has 4 heteroatoms. The van der Waals surface area contributed by atoms with Crippen LogP contribution in [0.4, 0.5) is 0 Å². The molecule has 0 aromatic carbocycles. The molecule has 116 valence electrons. The highest BCUT2D eigenvalue weighted by atomic mass is 32.1. The molecule has 0 radical (unpaired) electrons. The molecule has 3 nitrogen and oxygen atoms in total. The van der Waals surface area contributed by atoms with Gasteiger partial charge in [-0.1, -0.05) is 50.7 Å². The third kappa shape index (κ3) is 3.21. The van der Waals surface area contributed by atoms with Crippen LogP contribution in [0.15, 0.2) is 6.07 Å². The molecule has 2 aliphatic rings. The Kier molecular flexibility index (Phi) is 4.75. The number of aromatic amines is 1. The molecular formula is C17H26N2OS. The lowest BCUT2D eigenvalue weighted by Crippen LogP contribution is -2.31. The van der Waals surface area contributed by atoms with Crippen molar-refractivity contribution in [2.24, 2.45) is 0 Å². The minimum absolute atomic E-state index is 0.251. The van der Waals surface area contributed by atoms with Crippen LogP contribution < -0.4 is 0 Å². The highest BCUT2D eigenvalue weighted by Crippen LogP contribution is 2.39. The van der Waals surface area contributed by atoms with Crippen LogP contribution in [0.1, 0.15) is 81.6 Å². The average Bonchev–Trinajstić information content (AvgIpc) is 2.92. The molecule has 0 atom stereocenters. The van der Waals surface area contributed by atoms with Gasteiger partial charge >= 0.3 is 0 Å². The quantitative estimate of drug-likeness (QED) is 0.631. The van der Waals surface area contributed by atoms with Gasteiger partial charge in [-0.25, -0.2) is 4.98 Å². The number of H-pyrrole nitrogens is 1. The second-order valence-electron chi connectivity index (χ2n) is 6.62. The summed E-state index contributed by atoms with van der Waals surface area (Å²) in [4.78, 5) is 8.26. The molecule has 1 heterocycles. The minimum atomic E-state index is -0.251. The maximum Gasteiger partial charge on any atom is 0.140 e. The number of rotatable bonds is 3. The molecule has 0 saturated heterocycles. The SMILES string of the molecule is COC1(c2nc(=S)cc(C3CCCC3)[nH]2)CCCCCC1. The Morgan fingerprint density at radius 3 is 2.43 bits per heavy atom. The summed E-state index contributed by atoms with van der Waals surface area (Å²) in [7, 11) is 1.83. The van der Waals surface area contributed by atoms with Crippen LogP contribution >= 0.6 is 12.2 Å². The summed E-state index contributed by atoms with van der Waals surface area (Å²) < 4.78 is 6.69. The van der Waals surface area contributed by atoms with Crippen LogP contribution in [0.2, 0.25) is 0 Å². The first-order valence-corrected chi connectivity index (χ1v) is 8.81. The van der Waals surface area contributed by atoms with Crippen molar-refractivity contribution in [2.75, 3.05) is 7.11 Å². The van der Waals surface area contributed by atoms with Crippen molar-refractivity contribution in [2.45, 2.75) is 75.7 Å². The normalized spacial score (nSPS) is 23.1. The molecule has 2 fully saturated rings. The van der Waals surface area contributed by atoms with E-state index in [1.807, 2.05) is 7.11 Å². The zero-order chi connectivity index (χ0) is 14.7. The second kappa shape index (κ2) is 6.57. The lowest BCUT2D eigenvalue weighted by Gasteiger charge is -2.31. The molecule has 1 aromatic rings. The maximum atomic E-state index is 5.98. The predicted molar refractivity (Wildman–Crippen MR) is 87.0 cm³/mol. The summed E-state index contributed by atoms with van der Waals surface area (Å²) >= 11 is 5.44. The van der Waals surface area contributed by atoms with Crippen molar-refractivity contribution >= 4 is 12.2 Å². The monoisotopic (exact) mass is 306 g/mol. The van der Waals surface area contributed by atoms with E-state index in [1.54, 1.807) is 0 Å². The lowest BCUT2D eigenvalue weighted by atomic mass is 9.92. The fourth-order valence-electron chi connectivity index (χ4n) is 3.99. The van der Waals surface area contributed by atoms with Crippen molar-refractivity contribution in [1.82, 2.24) is 9.97 Å². The van der Waals surface area contributed by atoms with E-state index in [9.17, 15) is 0 Å². The Bertz CT molecular complexity index is 526. The standard InChI is InChI=1S/C17H26N2OS/c1-20-17(10-6-2-3-7-11-17)16-18-14(12-15(21)19-16)13-8-4-5-9-13/h12-13H,2-11H2,1H3,(H,18,19,21). The molecule has 2 saturated carbocycles. The zero-order valence-electron chi connectivity index (χ0n) is 13.0. The topological polar surface area (TPSA) is 37.9 Å². The molecule has 3 rings (SSSR count). The molecular weight excluding hydrogens is 280 g/mol. The zero-order valence-corrected chi connectivity index (χ0v) is 13.8. The van der Waals surface area contributed by atoms with E-state index in [-0.39, 0.29) is 5.60 Å². The number of aromatic nitrogens is 2. The highest BCUT2D eigenvalue weighted by molar-refractivity contribution is 7.71. The number of hydrogen-bond acceptors (Lipinski definition) is 3. The van der Waals surface area contributed by atoms with Crippen LogP contribution in [0.5, 0.6) is 0 Å². The lowest BCUT2D eigenvalue weighted by molar-refractivity contribution is -0.0354. The molecule has 1 aromatic heterocycles. The van der Waals surface area contributed by atoms with Gasteiger partial charge in [0.2, 0.25) is 0 Å². The number of nitrogens with one attached hydrogen (secondary N) is 1. The molecule has 0 bridgehead atoms. The third-order valence-electron chi connectivity index (χ3n) is 5.29. The van der Waals surface area contributed by atoms with Crippen molar-refractivity contribution < 1.29 is 4.74 Å². The van der Waals surface area contributed by atoms with Crippen LogP contribution in [0.25, 0.3) is 0 Å². The van der Waals surface area contributed by atoms with Crippen LogP contribution in [-0.2, 0) is 10.3 Å². The van der Waals surface area contributed by atoms with Crippen molar-refractivity contribution in [3.05, 3.63) is 22.2 Å². The largest absolute Gasteiger partial charge is 0.370 e. The van der Waals surface area contributed by atoms with E-state index >= 15 is 0 Å². The van der Waals surface area contributed by atoms with Gasteiger partial charge in [-0.3, -0.25) is 0 Å². The van der Waals surface area contributed by atoms with E-state index in [0.717, 1.165) is 18.7 Å². The summed E-state index contributed by atoms with van der Waals surface area (Å²) in [6.45, 7) is 0. The number of hydrogen-bond donors (Lipinski definition) is 1. The Morgan fingerprint density at radius 1 is 1.14 bits per heavy atom. The van der Waals surface area contributed by atoms with Crippen LogP contribution in [0, 0.1) is 4.64 Å². The average molecular weight is 306 g/mol. The van der Waals surface area contributed by atoms with Gasteiger partial charge in [-0.2, -0.15) is 0 Å². The predicted octanol–water partition coefficient (Wildman–Crippen LogP) is 4.99. The first-order valence-electron chi connectivity index (χ1n) is 8.40. The summed E-state index contributed by atoms with van der Waals surface area (Å²) in [6, 6.07) is 2.06. The van der Waals surface area contributed by atoms with E-state index in [4.69, 9.17) is 17.0 Å². The van der Waals surface area contributed by atoms with Crippen LogP contribution in [-0.4, -0.2) is 17.1 Å². The van der Waals surface area contributed by atoms with Gasteiger partial charge in [-0.05, 0) is 37.7 Å². The van der Waals surface area contributed by atoms with Gasteiger partial charge in [0.25, 0.3) is 0 Å². The van der Waals surface area contributed by atoms with Crippen molar-refractivity contribution in [1.29, 1.82) is 0 Å². The fraction of sp³-hybridized carbons (Fsp3) is 0.765. The first kappa shape index (κ1) is 15.2. The van der Waals surface area contributed by atoms with Gasteiger partial charge in [0.15, 0.2) is 0 Å². The first-order chi connectivity index (χ1) is 10.2. The molecule has 0 spiro atoms.